The van der Waals surface area contributed by atoms with Crippen LogP contribution in [0.25, 0.3) is 11.4 Å². The Morgan fingerprint density at radius 2 is 1.93 bits per heavy atom. The zero-order valence-corrected chi connectivity index (χ0v) is 17.0. The average molecular weight is 417 g/mol. The third-order valence-electron chi connectivity index (χ3n) is 4.14. The number of nitrogens with zero attached hydrogens (tertiary/aromatic N) is 2. The molecule has 0 saturated carbocycles. The maximum absolute atomic E-state index is 12.1. The van der Waals surface area contributed by atoms with Crippen LogP contribution in [-0.2, 0) is 11.3 Å². The molecule has 1 heterocycles. The number of nitrogens with one attached hydrogen (secondary N) is 2. The summed E-state index contributed by atoms with van der Waals surface area (Å²) in [5, 5.41) is 10.6. The van der Waals surface area contributed by atoms with Gasteiger partial charge in [-0.25, -0.2) is 0 Å². The Kier molecular flexibility index (Phi) is 6.84. The number of benzene rings is 2. The fraction of sp³-hybridized carbons (Fsp3) is 0.250. The van der Waals surface area contributed by atoms with E-state index in [2.05, 4.69) is 15.5 Å². The summed E-state index contributed by atoms with van der Waals surface area (Å²) in [6, 6.07) is 15.1. The minimum absolute atomic E-state index is 0.0716. The van der Waals surface area contributed by atoms with Crippen LogP contribution in [0.3, 0.4) is 0 Å². The van der Waals surface area contributed by atoms with Crippen molar-refractivity contribution < 1.29 is 9.53 Å². The number of amides is 1. The van der Waals surface area contributed by atoms with Gasteiger partial charge in [0, 0.05) is 23.6 Å². The molecule has 1 aromatic heterocycles. The van der Waals surface area contributed by atoms with Gasteiger partial charge in [0.1, 0.15) is 12.4 Å². The predicted molar refractivity (Wildman–Crippen MR) is 112 cm³/mol. The van der Waals surface area contributed by atoms with Gasteiger partial charge in [-0.3, -0.25) is 14.5 Å². The molecule has 0 spiro atoms. The molecule has 6 nitrogen and oxygen atoms in total. The SMILES string of the molecule is Cc1ccc(-c2n[nH]c(=S)n2CCC(=O)NCCOc2ccc(Cl)cc2)cc1. The van der Waals surface area contributed by atoms with Crippen LogP contribution in [0.15, 0.2) is 48.5 Å². The summed E-state index contributed by atoms with van der Waals surface area (Å²) in [6.07, 6.45) is 0.299. The Hall–Kier alpha value is -2.64. The first-order valence-corrected chi connectivity index (χ1v) is 9.69. The number of carbonyl (C=O) groups excluding carboxylic acids is 1. The van der Waals surface area contributed by atoms with Crippen molar-refractivity contribution in [3.63, 3.8) is 0 Å². The highest BCUT2D eigenvalue weighted by Gasteiger charge is 2.10. The van der Waals surface area contributed by atoms with Crippen molar-refractivity contribution in [2.75, 3.05) is 13.2 Å². The van der Waals surface area contributed by atoms with Gasteiger partial charge >= 0.3 is 0 Å². The number of hydrogen-bond donors (Lipinski definition) is 2. The molecule has 0 fully saturated rings. The molecule has 28 heavy (non-hydrogen) atoms. The molecular formula is C20H21ClN4O2S. The van der Waals surface area contributed by atoms with Crippen molar-refractivity contribution in [1.29, 1.82) is 0 Å². The lowest BCUT2D eigenvalue weighted by Gasteiger charge is -2.09. The van der Waals surface area contributed by atoms with Crippen molar-refractivity contribution in [1.82, 2.24) is 20.1 Å². The number of ether oxygens (including phenoxy) is 1. The average Bonchev–Trinajstić information content (AvgIpc) is 3.06. The van der Waals surface area contributed by atoms with Crippen LogP contribution in [-0.4, -0.2) is 33.8 Å². The van der Waals surface area contributed by atoms with Crippen LogP contribution in [0, 0.1) is 11.7 Å². The van der Waals surface area contributed by atoms with Crippen molar-refractivity contribution in [3.8, 4) is 17.1 Å². The van der Waals surface area contributed by atoms with Crippen LogP contribution in [0.4, 0.5) is 0 Å². The third-order valence-corrected chi connectivity index (χ3v) is 4.70. The quantitative estimate of drug-likeness (QED) is 0.427. The fourth-order valence-corrected chi connectivity index (χ4v) is 2.99. The lowest BCUT2D eigenvalue weighted by Crippen LogP contribution is -2.28. The smallest absolute Gasteiger partial charge is 0.221 e. The largest absolute Gasteiger partial charge is 0.492 e. The molecule has 0 saturated heterocycles. The van der Waals surface area contributed by atoms with Crippen LogP contribution in [0.1, 0.15) is 12.0 Å². The molecular weight excluding hydrogens is 396 g/mol. The number of halogens is 1. The Morgan fingerprint density at radius 1 is 1.21 bits per heavy atom. The number of aromatic nitrogens is 3. The second-order valence-corrected chi connectivity index (χ2v) is 7.10. The van der Waals surface area contributed by atoms with Crippen LogP contribution >= 0.6 is 23.8 Å². The number of hydrogen-bond acceptors (Lipinski definition) is 4. The Bertz CT molecular complexity index is 981. The molecule has 2 aromatic carbocycles. The van der Waals surface area contributed by atoms with E-state index in [0.29, 0.717) is 41.7 Å². The maximum atomic E-state index is 12.1. The van der Waals surface area contributed by atoms with E-state index in [4.69, 9.17) is 28.6 Å². The van der Waals surface area contributed by atoms with Gasteiger partial charge in [0.05, 0.1) is 6.54 Å². The van der Waals surface area contributed by atoms with Gasteiger partial charge < -0.3 is 10.1 Å². The Balaban J connectivity index is 1.48. The predicted octanol–water partition coefficient (Wildman–Crippen LogP) is 4.15. The molecule has 0 radical (unpaired) electrons. The summed E-state index contributed by atoms with van der Waals surface area (Å²) in [7, 11) is 0. The minimum atomic E-state index is -0.0716. The molecule has 0 aliphatic rings. The normalized spacial score (nSPS) is 10.6. The molecule has 3 aromatic rings. The van der Waals surface area contributed by atoms with Gasteiger partial charge in [-0.2, -0.15) is 5.10 Å². The van der Waals surface area contributed by atoms with E-state index in [0.717, 1.165) is 11.4 Å². The first-order valence-electron chi connectivity index (χ1n) is 8.90. The van der Waals surface area contributed by atoms with Crippen LogP contribution in [0.2, 0.25) is 5.02 Å². The van der Waals surface area contributed by atoms with E-state index in [9.17, 15) is 4.79 Å². The molecule has 0 bridgehead atoms. The molecule has 1 amide bonds. The molecule has 146 valence electrons. The molecule has 8 heteroatoms. The summed E-state index contributed by atoms with van der Waals surface area (Å²) in [5.41, 5.74) is 2.12. The number of carbonyl (C=O) groups is 1. The summed E-state index contributed by atoms with van der Waals surface area (Å²) >= 11 is 11.1. The zero-order valence-electron chi connectivity index (χ0n) is 15.4. The lowest BCUT2D eigenvalue weighted by atomic mass is 10.1. The molecule has 2 N–H and O–H groups in total. The number of aryl methyl sites for hydroxylation is 1. The summed E-state index contributed by atoms with van der Waals surface area (Å²) in [6.45, 7) is 3.28. The highest BCUT2D eigenvalue weighted by molar-refractivity contribution is 7.71. The second-order valence-electron chi connectivity index (χ2n) is 6.27. The summed E-state index contributed by atoms with van der Waals surface area (Å²) < 4.78 is 7.89. The van der Waals surface area contributed by atoms with E-state index in [1.165, 1.54) is 5.56 Å². The molecule has 3 rings (SSSR count). The Morgan fingerprint density at radius 3 is 2.64 bits per heavy atom. The van der Waals surface area contributed by atoms with E-state index < -0.39 is 0 Å². The standard InChI is InChI=1S/C20H21ClN4O2S/c1-14-2-4-15(5-3-14)19-23-24-20(28)25(19)12-10-18(26)22-11-13-27-17-8-6-16(21)7-9-17/h2-9H,10-13H2,1H3,(H,22,26)(H,24,28). The fourth-order valence-electron chi connectivity index (χ4n) is 2.64. The van der Waals surface area contributed by atoms with Crippen molar-refractivity contribution in [2.24, 2.45) is 0 Å². The topological polar surface area (TPSA) is 71.9 Å². The second kappa shape index (κ2) is 9.52. The van der Waals surface area contributed by atoms with Crippen molar-refractivity contribution >= 4 is 29.7 Å². The van der Waals surface area contributed by atoms with E-state index in [-0.39, 0.29) is 5.91 Å². The van der Waals surface area contributed by atoms with Gasteiger partial charge in [0.2, 0.25) is 5.91 Å². The third kappa shape index (κ3) is 5.43. The van der Waals surface area contributed by atoms with Gasteiger partial charge in [0.25, 0.3) is 0 Å². The molecule has 0 aliphatic carbocycles. The highest BCUT2D eigenvalue weighted by Crippen LogP contribution is 2.18. The van der Waals surface area contributed by atoms with E-state index >= 15 is 0 Å². The minimum Gasteiger partial charge on any atom is -0.492 e. The van der Waals surface area contributed by atoms with Gasteiger partial charge in [-0.15, -0.1) is 0 Å². The number of rotatable bonds is 8. The lowest BCUT2D eigenvalue weighted by molar-refractivity contribution is -0.121. The summed E-state index contributed by atoms with van der Waals surface area (Å²) in [4.78, 5) is 12.1. The maximum Gasteiger partial charge on any atom is 0.221 e. The van der Waals surface area contributed by atoms with Crippen LogP contribution < -0.4 is 10.1 Å². The van der Waals surface area contributed by atoms with Crippen LogP contribution in [0.5, 0.6) is 5.75 Å². The zero-order chi connectivity index (χ0) is 19.9. The van der Waals surface area contributed by atoms with Gasteiger partial charge in [-0.1, -0.05) is 41.4 Å². The number of H-pyrrole nitrogens is 1. The number of aromatic amines is 1. The van der Waals surface area contributed by atoms with Gasteiger partial charge in [-0.05, 0) is 43.4 Å². The van der Waals surface area contributed by atoms with E-state index in [1.54, 1.807) is 24.3 Å². The molecule has 0 unspecified atom stereocenters. The monoisotopic (exact) mass is 416 g/mol. The molecule has 0 aliphatic heterocycles. The first kappa shape index (κ1) is 20.1. The van der Waals surface area contributed by atoms with Crippen molar-refractivity contribution in [2.45, 2.75) is 19.9 Å². The Labute approximate surface area is 173 Å². The highest BCUT2D eigenvalue weighted by atomic mass is 35.5. The summed E-state index contributed by atoms with van der Waals surface area (Å²) in [5.74, 6) is 1.37. The van der Waals surface area contributed by atoms with Gasteiger partial charge in [0.15, 0.2) is 10.6 Å². The van der Waals surface area contributed by atoms with Crippen molar-refractivity contribution in [3.05, 3.63) is 63.9 Å². The molecule has 0 atom stereocenters. The van der Waals surface area contributed by atoms with E-state index in [1.807, 2.05) is 35.8 Å². The first-order chi connectivity index (χ1) is 13.5.